The molecule has 0 radical (unpaired) electrons. The number of hydrogen-bond acceptors (Lipinski definition) is 5. The lowest BCUT2D eigenvalue weighted by Gasteiger charge is -2.31. The Hall–Kier alpha value is -2.28. The molecule has 31 heavy (non-hydrogen) atoms. The minimum absolute atomic E-state index is 0.0571. The smallest absolute Gasteiger partial charge is 0.223 e. The van der Waals surface area contributed by atoms with Crippen molar-refractivity contribution in [1.82, 2.24) is 10.2 Å². The van der Waals surface area contributed by atoms with Crippen LogP contribution in [0, 0.1) is 0 Å². The largest absolute Gasteiger partial charge is 0.493 e. The minimum Gasteiger partial charge on any atom is -0.493 e. The molecule has 3 rings (SSSR count). The highest BCUT2D eigenvalue weighted by molar-refractivity contribution is 6.30. The molecule has 0 aromatic heterocycles. The van der Waals surface area contributed by atoms with Crippen LogP contribution in [0.1, 0.15) is 24.8 Å². The van der Waals surface area contributed by atoms with Gasteiger partial charge in [0.05, 0.1) is 13.0 Å². The number of carbonyl (C=O) groups excluding carboxylic acids is 1. The molecule has 0 bridgehead atoms. The molecule has 1 aliphatic heterocycles. The molecule has 6 nitrogen and oxygen atoms in total. The zero-order chi connectivity index (χ0) is 21.9. The summed E-state index contributed by atoms with van der Waals surface area (Å²) in [6.45, 7) is 3.97. The summed E-state index contributed by atoms with van der Waals surface area (Å²) in [7, 11) is 2.14. The highest BCUT2D eigenvalue weighted by Gasteiger charge is 2.17. The Kier molecular flexibility index (Phi) is 9.46. The van der Waals surface area contributed by atoms with E-state index in [4.69, 9.17) is 25.8 Å². The van der Waals surface area contributed by atoms with Crippen molar-refractivity contribution in [3.05, 3.63) is 59.1 Å². The number of nitrogens with one attached hydrogen (secondary N) is 1. The van der Waals surface area contributed by atoms with Crippen LogP contribution in [-0.2, 0) is 16.1 Å². The van der Waals surface area contributed by atoms with Crippen molar-refractivity contribution in [1.29, 1.82) is 0 Å². The lowest BCUT2D eigenvalue weighted by atomic mass is 10.1. The Morgan fingerprint density at radius 3 is 2.61 bits per heavy atom. The molecule has 1 fully saturated rings. The Morgan fingerprint density at radius 1 is 1.10 bits per heavy atom. The number of rotatable bonds is 11. The predicted molar refractivity (Wildman–Crippen MR) is 122 cm³/mol. The quantitative estimate of drug-likeness (QED) is 0.567. The molecule has 1 aliphatic rings. The lowest BCUT2D eigenvalue weighted by molar-refractivity contribution is -0.121. The van der Waals surface area contributed by atoms with Crippen LogP contribution in [0.15, 0.2) is 48.5 Å². The molecule has 2 aromatic rings. The molecule has 0 unspecified atom stereocenters. The predicted octanol–water partition coefficient (Wildman–Crippen LogP) is 3.91. The molecule has 168 valence electrons. The van der Waals surface area contributed by atoms with Crippen LogP contribution in [0.3, 0.4) is 0 Å². The van der Waals surface area contributed by atoms with Crippen LogP contribution in [0.5, 0.6) is 11.5 Å². The second kappa shape index (κ2) is 12.5. The van der Waals surface area contributed by atoms with E-state index in [1.165, 1.54) is 0 Å². The van der Waals surface area contributed by atoms with Gasteiger partial charge < -0.3 is 19.5 Å². The van der Waals surface area contributed by atoms with Gasteiger partial charge in [0.1, 0.15) is 18.1 Å². The summed E-state index contributed by atoms with van der Waals surface area (Å²) in [5, 5.41) is 3.58. The molecule has 2 aromatic carbocycles. The first-order chi connectivity index (χ1) is 15.1. The van der Waals surface area contributed by atoms with E-state index in [1.807, 2.05) is 24.3 Å². The van der Waals surface area contributed by atoms with Crippen molar-refractivity contribution in [2.75, 3.05) is 40.0 Å². The SMILES string of the molecule is CN(CCOc1cccc(CNC(=O)CCOc2ccc(Cl)cc2)c1)C1CCOCC1. The normalized spacial score (nSPS) is 14.4. The van der Waals surface area contributed by atoms with Crippen LogP contribution in [0.4, 0.5) is 0 Å². The van der Waals surface area contributed by atoms with E-state index in [2.05, 4.69) is 17.3 Å². The molecule has 0 saturated carbocycles. The summed E-state index contributed by atoms with van der Waals surface area (Å²) in [5.41, 5.74) is 1.00. The number of amides is 1. The number of likely N-dealkylation sites (N-methyl/N-ethyl adjacent to an activating group) is 1. The zero-order valence-corrected chi connectivity index (χ0v) is 18.8. The van der Waals surface area contributed by atoms with Gasteiger partial charge in [-0.25, -0.2) is 0 Å². The first-order valence-electron chi connectivity index (χ1n) is 10.7. The third kappa shape index (κ3) is 8.40. The van der Waals surface area contributed by atoms with Gasteiger partial charge >= 0.3 is 0 Å². The van der Waals surface area contributed by atoms with Crippen molar-refractivity contribution in [3.8, 4) is 11.5 Å². The number of halogens is 1. The zero-order valence-electron chi connectivity index (χ0n) is 18.0. The highest BCUT2D eigenvalue weighted by Crippen LogP contribution is 2.16. The number of nitrogens with zero attached hydrogens (tertiary/aromatic N) is 1. The van der Waals surface area contributed by atoms with Crippen molar-refractivity contribution >= 4 is 17.5 Å². The summed E-state index contributed by atoms with van der Waals surface area (Å²) in [6.07, 6.45) is 2.45. The summed E-state index contributed by atoms with van der Waals surface area (Å²) in [4.78, 5) is 14.4. The maximum absolute atomic E-state index is 12.1. The van der Waals surface area contributed by atoms with Gasteiger partial charge in [0.15, 0.2) is 0 Å². The van der Waals surface area contributed by atoms with Crippen molar-refractivity contribution < 1.29 is 19.0 Å². The van der Waals surface area contributed by atoms with Gasteiger partial charge in [0, 0.05) is 37.4 Å². The topological polar surface area (TPSA) is 60.0 Å². The monoisotopic (exact) mass is 446 g/mol. The van der Waals surface area contributed by atoms with Crippen molar-refractivity contribution in [3.63, 3.8) is 0 Å². The van der Waals surface area contributed by atoms with Crippen LogP contribution < -0.4 is 14.8 Å². The van der Waals surface area contributed by atoms with Crippen molar-refractivity contribution in [2.24, 2.45) is 0 Å². The number of carbonyl (C=O) groups is 1. The van der Waals surface area contributed by atoms with E-state index >= 15 is 0 Å². The summed E-state index contributed by atoms with van der Waals surface area (Å²) in [5.74, 6) is 1.46. The van der Waals surface area contributed by atoms with E-state index in [9.17, 15) is 4.79 Å². The average molecular weight is 447 g/mol. The van der Waals surface area contributed by atoms with Gasteiger partial charge in [-0.05, 0) is 61.9 Å². The number of ether oxygens (including phenoxy) is 3. The third-order valence-electron chi connectivity index (χ3n) is 5.33. The molecular formula is C24H31ClN2O4. The van der Waals surface area contributed by atoms with Crippen molar-refractivity contribution in [2.45, 2.75) is 31.8 Å². The van der Waals surface area contributed by atoms with Gasteiger partial charge in [-0.1, -0.05) is 23.7 Å². The van der Waals surface area contributed by atoms with Crippen LogP contribution in [-0.4, -0.2) is 56.9 Å². The van der Waals surface area contributed by atoms with Crippen LogP contribution >= 0.6 is 11.6 Å². The van der Waals surface area contributed by atoms with E-state index in [0.717, 1.165) is 43.9 Å². The molecule has 0 atom stereocenters. The molecule has 1 heterocycles. The van der Waals surface area contributed by atoms with Gasteiger partial charge in [0.25, 0.3) is 0 Å². The summed E-state index contributed by atoms with van der Waals surface area (Å²) >= 11 is 5.85. The second-order valence-electron chi connectivity index (χ2n) is 7.65. The average Bonchev–Trinajstić information content (AvgIpc) is 2.80. The lowest BCUT2D eigenvalue weighted by Crippen LogP contribution is -2.38. The van der Waals surface area contributed by atoms with Gasteiger partial charge in [-0.3, -0.25) is 9.69 Å². The van der Waals surface area contributed by atoms with E-state index in [-0.39, 0.29) is 12.3 Å². The van der Waals surface area contributed by atoms with Crippen LogP contribution in [0.2, 0.25) is 5.02 Å². The third-order valence-corrected chi connectivity index (χ3v) is 5.58. The molecule has 1 N–H and O–H groups in total. The molecule has 0 spiro atoms. The Labute approximate surface area is 189 Å². The fourth-order valence-corrected chi connectivity index (χ4v) is 3.57. The Morgan fingerprint density at radius 2 is 1.84 bits per heavy atom. The second-order valence-corrected chi connectivity index (χ2v) is 8.09. The molecule has 1 saturated heterocycles. The van der Waals surface area contributed by atoms with Crippen LogP contribution in [0.25, 0.3) is 0 Å². The molecule has 1 amide bonds. The van der Waals surface area contributed by atoms with Gasteiger partial charge in [-0.2, -0.15) is 0 Å². The molecule has 7 heteroatoms. The number of hydrogen-bond donors (Lipinski definition) is 1. The Balaban J connectivity index is 1.33. The molecular weight excluding hydrogens is 416 g/mol. The fourth-order valence-electron chi connectivity index (χ4n) is 3.44. The Bertz CT molecular complexity index is 809. The van der Waals surface area contributed by atoms with E-state index in [0.29, 0.717) is 36.6 Å². The fraction of sp³-hybridized carbons (Fsp3) is 0.458. The summed E-state index contributed by atoms with van der Waals surface area (Å²) < 4.78 is 16.9. The molecule has 0 aliphatic carbocycles. The summed E-state index contributed by atoms with van der Waals surface area (Å²) in [6, 6.07) is 15.5. The van der Waals surface area contributed by atoms with E-state index in [1.54, 1.807) is 24.3 Å². The highest BCUT2D eigenvalue weighted by atomic mass is 35.5. The first kappa shape index (κ1) is 23.4. The van der Waals surface area contributed by atoms with Gasteiger partial charge in [-0.15, -0.1) is 0 Å². The standard InChI is InChI=1S/C24H31ClN2O4/c1-27(21-9-13-29-14-10-21)12-16-31-23-4-2-3-19(17-23)18-26-24(28)11-15-30-22-7-5-20(25)6-8-22/h2-8,17,21H,9-16,18H2,1H3,(H,26,28). The van der Waals surface area contributed by atoms with E-state index < -0.39 is 0 Å². The maximum Gasteiger partial charge on any atom is 0.223 e. The number of benzene rings is 2. The van der Waals surface area contributed by atoms with Gasteiger partial charge in [0.2, 0.25) is 5.91 Å². The first-order valence-corrected chi connectivity index (χ1v) is 11.1. The maximum atomic E-state index is 12.1. The minimum atomic E-state index is -0.0571.